The van der Waals surface area contributed by atoms with E-state index < -0.39 is 0 Å². The number of amides is 1. The summed E-state index contributed by atoms with van der Waals surface area (Å²) < 4.78 is 10.9. The lowest BCUT2D eigenvalue weighted by molar-refractivity contribution is -0.116. The van der Waals surface area contributed by atoms with Crippen molar-refractivity contribution in [3.05, 3.63) is 41.6 Å². The molecule has 0 unspecified atom stereocenters. The number of anilines is 1. The van der Waals surface area contributed by atoms with Crippen LogP contribution in [0.25, 0.3) is 0 Å². The Morgan fingerprint density at radius 3 is 2.70 bits per heavy atom. The van der Waals surface area contributed by atoms with Gasteiger partial charge in [0.2, 0.25) is 5.91 Å². The minimum Gasteiger partial charge on any atom is -0.497 e. The topological polar surface area (TPSA) is 64.4 Å². The Balaban J connectivity index is 1.95. The number of ether oxygens (including phenoxy) is 1. The zero-order valence-corrected chi connectivity index (χ0v) is 14.4. The Hall–Kier alpha value is -2.30. The minimum atomic E-state index is -0.133. The first-order valence-electron chi connectivity index (χ1n) is 7.70. The molecule has 0 aliphatic carbocycles. The van der Waals surface area contributed by atoms with Crippen molar-refractivity contribution in [2.24, 2.45) is 0 Å². The van der Waals surface area contributed by atoms with E-state index in [0.717, 1.165) is 17.1 Å². The summed E-state index contributed by atoms with van der Waals surface area (Å²) in [6.07, 6.45) is 0.877. The van der Waals surface area contributed by atoms with Crippen LogP contribution in [0.3, 0.4) is 0 Å². The van der Waals surface area contributed by atoms with Crippen molar-refractivity contribution in [2.45, 2.75) is 46.0 Å². The molecule has 2 rings (SSSR count). The van der Waals surface area contributed by atoms with Crippen LogP contribution in [0.1, 0.15) is 44.5 Å². The first-order valence-corrected chi connectivity index (χ1v) is 7.70. The predicted molar refractivity (Wildman–Crippen MR) is 89.9 cm³/mol. The molecule has 1 amide bonds. The van der Waals surface area contributed by atoms with Crippen LogP contribution < -0.4 is 10.1 Å². The molecule has 0 radical (unpaired) electrons. The van der Waals surface area contributed by atoms with E-state index in [1.807, 2.05) is 25.1 Å². The maximum atomic E-state index is 12.1. The molecule has 1 aromatic carbocycles. The van der Waals surface area contributed by atoms with Crippen molar-refractivity contribution < 1.29 is 13.9 Å². The van der Waals surface area contributed by atoms with Gasteiger partial charge in [0.1, 0.15) is 11.5 Å². The number of hydrogen-bond donors (Lipinski definition) is 1. The summed E-state index contributed by atoms with van der Waals surface area (Å²) >= 11 is 0. The summed E-state index contributed by atoms with van der Waals surface area (Å²) in [5.41, 5.74) is 1.44. The van der Waals surface area contributed by atoms with E-state index in [4.69, 9.17) is 9.15 Å². The highest BCUT2D eigenvalue weighted by Gasteiger charge is 2.22. The average molecular weight is 316 g/mol. The van der Waals surface area contributed by atoms with Crippen LogP contribution in [0.2, 0.25) is 0 Å². The second-order valence-corrected chi connectivity index (χ2v) is 6.56. The molecule has 1 N–H and O–H groups in total. The molecule has 0 saturated heterocycles. The number of benzene rings is 1. The van der Waals surface area contributed by atoms with Gasteiger partial charge in [0.25, 0.3) is 0 Å². The largest absolute Gasteiger partial charge is 0.497 e. The van der Waals surface area contributed by atoms with E-state index in [-0.39, 0.29) is 11.3 Å². The molecule has 124 valence electrons. The molecule has 1 aromatic heterocycles. The third kappa shape index (κ3) is 4.58. The maximum absolute atomic E-state index is 12.1. The number of nitrogens with zero attached hydrogens (tertiary/aromatic N) is 1. The van der Waals surface area contributed by atoms with Gasteiger partial charge in [-0.25, -0.2) is 4.98 Å². The summed E-state index contributed by atoms with van der Waals surface area (Å²) in [7, 11) is 1.60. The highest BCUT2D eigenvalue weighted by molar-refractivity contribution is 5.90. The lowest BCUT2D eigenvalue weighted by atomic mass is 9.97. The van der Waals surface area contributed by atoms with Gasteiger partial charge in [-0.05, 0) is 19.1 Å². The average Bonchev–Trinajstić information content (AvgIpc) is 2.87. The van der Waals surface area contributed by atoms with Gasteiger partial charge >= 0.3 is 0 Å². The molecular formula is C18H24N2O3. The highest BCUT2D eigenvalue weighted by atomic mass is 16.5. The van der Waals surface area contributed by atoms with Gasteiger partial charge in [-0.1, -0.05) is 26.8 Å². The molecule has 0 spiro atoms. The second-order valence-electron chi connectivity index (χ2n) is 6.56. The third-order valence-electron chi connectivity index (χ3n) is 3.47. The van der Waals surface area contributed by atoms with Crippen molar-refractivity contribution >= 4 is 11.6 Å². The minimum absolute atomic E-state index is 0.0636. The molecule has 5 heteroatoms. The van der Waals surface area contributed by atoms with Crippen molar-refractivity contribution in [3.8, 4) is 5.75 Å². The van der Waals surface area contributed by atoms with Crippen LogP contribution in [-0.4, -0.2) is 18.0 Å². The molecular weight excluding hydrogens is 292 g/mol. The van der Waals surface area contributed by atoms with Crippen LogP contribution in [-0.2, 0) is 16.6 Å². The molecule has 23 heavy (non-hydrogen) atoms. The normalized spacial score (nSPS) is 11.3. The fourth-order valence-corrected chi connectivity index (χ4v) is 2.13. The molecule has 0 saturated carbocycles. The Morgan fingerprint density at radius 1 is 1.35 bits per heavy atom. The summed E-state index contributed by atoms with van der Waals surface area (Å²) in [5.74, 6) is 2.13. The first-order chi connectivity index (χ1) is 10.8. The zero-order valence-electron chi connectivity index (χ0n) is 14.4. The van der Waals surface area contributed by atoms with Gasteiger partial charge < -0.3 is 14.5 Å². The summed E-state index contributed by atoms with van der Waals surface area (Å²) in [5, 5.41) is 2.86. The molecule has 0 aliphatic heterocycles. The number of hydrogen-bond acceptors (Lipinski definition) is 4. The standard InChI is InChI=1S/C18H24N2O3/c1-12-15(23-17(19-12)18(2,3)4)9-10-16(21)20-13-7-6-8-14(11-13)22-5/h6-8,11H,9-10H2,1-5H3,(H,20,21). The Bertz CT molecular complexity index is 684. The fourth-order valence-electron chi connectivity index (χ4n) is 2.13. The van der Waals surface area contributed by atoms with Crippen LogP contribution in [0.15, 0.2) is 28.7 Å². The summed E-state index contributed by atoms with van der Waals surface area (Å²) in [6, 6.07) is 7.29. The van der Waals surface area contributed by atoms with Gasteiger partial charge in [0.05, 0.1) is 12.8 Å². The van der Waals surface area contributed by atoms with E-state index in [1.165, 1.54) is 0 Å². The summed E-state index contributed by atoms with van der Waals surface area (Å²) in [4.78, 5) is 16.5. The number of oxazole rings is 1. The van der Waals surface area contributed by atoms with Crippen molar-refractivity contribution in [2.75, 3.05) is 12.4 Å². The second kappa shape index (κ2) is 6.86. The third-order valence-corrected chi connectivity index (χ3v) is 3.47. The van der Waals surface area contributed by atoms with Gasteiger partial charge in [0, 0.05) is 30.0 Å². The lowest BCUT2D eigenvalue weighted by Gasteiger charge is -2.12. The molecule has 2 aromatic rings. The number of nitrogens with one attached hydrogen (secondary N) is 1. The highest BCUT2D eigenvalue weighted by Crippen LogP contribution is 2.24. The molecule has 0 atom stereocenters. The Morgan fingerprint density at radius 2 is 2.09 bits per heavy atom. The van der Waals surface area contributed by atoms with E-state index in [1.54, 1.807) is 13.2 Å². The van der Waals surface area contributed by atoms with Crippen LogP contribution in [0.5, 0.6) is 5.75 Å². The summed E-state index contributed by atoms with van der Waals surface area (Å²) in [6.45, 7) is 8.07. The predicted octanol–water partition coefficient (Wildman–Crippen LogP) is 3.86. The van der Waals surface area contributed by atoms with Crippen molar-refractivity contribution in [3.63, 3.8) is 0 Å². The van der Waals surface area contributed by atoms with E-state index >= 15 is 0 Å². The van der Waals surface area contributed by atoms with Crippen LogP contribution in [0.4, 0.5) is 5.69 Å². The number of rotatable bonds is 5. The van der Waals surface area contributed by atoms with E-state index in [9.17, 15) is 4.79 Å². The zero-order chi connectivity index (χ0) is 17.0. The van der Waals surface area contributed by atoms with Gasteiger partial charge in [-0.2, -0.15) is 0 Å². The van der Waals surface area contributed by atoms with Crippen molar-refractivity contribution in [1.29, 1.82) is 0 Å². The molecule has 0 aliphatic rings. The smallest absolute Gasteiger partial charge is 0.224 e. The van der Waals surface area contributed by atoms with Crippen molar-refractivity contribution in [1.82, 2.24) is 4.98 Å². The first kappa shape index (κ1) is 17.1. The van der Waals surface area contributed by atoms with Crippen LogP contribution >= 0.6 is 0 Å². The number of aryl methyl sites for hydroxylation is 2. The van der Waals surface area contributed by atoms with Gasteiger partial charge in [0.15, 0.2) is 5.89 Å². The monoisotopic (exact) mass is 316 g/mol. The molecule has 5 nitrogen and oxygen atoms in total. The van der Waals surface area contributed by atoms with Gasteiger partial charge in [-0.15, -0.1) is 0 Å². The van der Waals surface area contributed by atoms with E-state index in [2.05, 4.69) is 31.1 Å². The molecule has 1 heterocycles. The SMILES string of the molecule is COc1cccc(NC(=O)CCc2oc(C(C)(C)C)nc2C)c1. The lowest BCUT2D eigenvalue weighted by Crippen LogP contribution is -2.12. The van der Waals surface area contributed by atoms with Crippen LogP contribution in [0, 0.1) is 6.92 Å². The molecule has 0 bridgehead atoms. The number of aromatic nitrogens is 1. The van der Waals surface area contributed by atoms with E-state index in [0.29, 0.717) is 24.5 Å². The Kier molecular flexibility index (Phi) is 5.08. The fraction of sp³-hybridized carbons (Fsp3) is 0.444. The van der Waals surface area contributed by atoms with Gasteiger partial charge in [-0.3, -0.25) is 4.79 Å². The number of carbonyl (C=O) groups excluding carboxylic acids is 1. The number of carbonyl (C=O) groups is 1. The molecule has 0 fully saturated rings. The Labute approximate surface area is 137 Å². The maximum Gasteiger partial charge on any atom is 0.224 e. The quantitative estimate of drug-likeness (QED) is 0.909. The number of methoxy groups -OCH3 is 1.